The van der Waals surface area contributed by atoms with Gasteiger partial charge in [-0.15, -0.1) is 0 Å². The van der Waals surface area contributed by atoms with Gasteiger partial charge in [-0.1, -0.05) is 0 Å². The van der Waals surface area contributed by atoms with Crippen LogP contribution in [0.25, 0.3) is 0 Å². The summed E-state index contributed by atoms with van der Waals surface area (Å²) >= 11 is 3.14. The zero-order valence-corrected chi connectivity index (χ0v) is 6.54. The molecule has 0 N–H and O–H groups in total. The first kappa shape index (κ1) is 7.21. The summed E-state index contributed by atoms with van der Waals surface area (Å²) in [5.74, 6) is 0.443. The molecule has 0 aliphatic carbocycles. The van der Waals surface area contributed by atoms with Gasteiger partial charge in [-0.25, -0.2) is 4.98 Å². The van der Waals surface area contributed by atoms with Crippen LogP contribution in [-0.2, 0) is 4.79 Å². The number of carbonyl (C=O) groups is 1. The highest BCUT2D eigenvalue weighted by molar-refractivity contribution is 9.10. The summed E-state index contributed by atoms with van der Waals surface area (Å²) in [6.07, 6.45) is 1.46. The normalized spacial score (nSPS) is 8.90. The quantitative estimate of drug-likeness (QED) is 0.537. The van der Waals surface area contributed by atoms with Gasteiger partial charge in [-0.3, -0.25) is 4.79 Å². The number of halogens is 1. The molecule has 0 radical (unpaired) electrons. The minimum absolute atomic E-state index is 0.366. The van der Waals surface area contributed by atoms with Crippen LogP contribution in [0.2, 0.25) is 0 Å². The van der Waals surface area contributed by atoms with Crippen LogP contribution in [0.4, 0.5) is 0 Å². The second-order valence-corrected chi connectivity index (χ2v) is 2.34. The van der Waals surface area contributed by atoms with Crippen LogP contribution >= 0.6 is 15.9 Å². The molecule has 0 spiro atoms. The summed E-state index contributed by atoms with van der Waals surface area (Å²) in [7, 11) is 0. The van der Waals surface area contributed by atoms with Gasteiger partial charge in [-0.2, -0.15) is 0 Å². The molecule has 0 aliphatic rings. The Labute approximate surface area is 66.2 Å². The van der Waals surface area contributed by atoms with E-state index in [1.54, 1.807) is 12.1 Å². The van der Waals surface area contributed by atoms with Crippen LogP contribution in [0.5, 0.6) is 5.75 Å². The Morgan fingerprint density at radius 2 is 2.40 bits per heavy atom. The van der Waals surface area contributed by atoms with E-state index >= 15 is 0 Å². The lowest BCUT2D eigenvalue weighted by molar-refractivity contribution is -0.120. The molecule has 10 heavy (non-hydrogen) atoms. The van der Waals surface area contributed by atoms with Crippen LogP contribution < -0.4 is 4.74 Å². The van der Waals surface area contributed by atoms with Crippen molar-refractivity contribution < 1.29 is 9.53 Å². The fourth-order valence-corrected chi connectivity index (χ4v) is 0.722. The molecule has 0 bridgehead atoms. The Morgan fingerprint density at radius 1 is 1.60 bits per heavy atom. The molecule has 0 atom stereocenters. The first-order valence-corrected chi connectivity index (χ1v) is 3.34. The molecular formula is C6H4BrNO2. The molecule has 1 rings (SSSR count). The van der Waals surface area contributed by atoms with Crippen molar-refractivity contribution in [3.63, 3.8) is 0 Å². The van der Waals surface area contributed by atoms with Crippen molar-refractivity contribution in [1.29, 1.82) is 0 Å². The highest BCUT2D eigenvalue weighted by Crippen LogP contribution is 2.11. The van der Waals surface area contributed by atoms with E-state index in [-0.39, 0.29) is 0 Å². The molecular weight excluding hydrogens is 198 g/mol. The van der Waals surface area contributed by atoms with Crippen LogP contribution in [0.1, 0.15) is 0 Å². The van der Waals surface area contributed by atoms with E-state index < -0.39 is 0 Å². The average Bonchev–Trinajstić information content (AvgIpc) is 1.95. The van der Waals surface area contributed by atoms with Crippen LogP contribution in [0.15, 0.2) is 22.9 Å². The molecule has 3 nitrogen and oxygen atoms in total. The standard InChI is InChI=1S/C6H4BrNO2/c7-6-2-1-5(3-8-6)10-4-9/h1-4H. The van der Waals surface area contributed by atoms with Crippen LogP contribution in [0, 0.1) is 0 Å². The topological polar surface area (TPSA) is 39.2 Å². The molecule has 0 unspecified atom stereocenters. The van der Waals surface area contributed by atoms with E-state index in [9.17, 15) is 4.79 Å². The van der Waals surface area contributed by atoms with Crippen LogP contribution in [0.3, 0.4) is 0 Å². The third kappa shape index (κ3) is 1.80. The second kappa shape index (κ2) is 3.31. The van der Waals surface area contributed by atoms with Gasteiger partial charge in [0, 0.05) is 0 Å². The number of nitrogens with zero attached hydrogens (tertiary/aromatic N) is 1. The van der Waals surface area contributed by atoms with E-state index in [2.05, 4.69) is 25.7 Å². The van der Waals surface area contributed by atoms with Gasteiger partial charge in [0.05, 0.1) is 6.20 Å². The summed E-state index contributed by atoms with van der Waals surface area (Å²) in [6, 6.07) is 3.34. The highest BCUT2D eigenvalue weighted by atomic mass is 79.9. The van der Waals surface area contributed by atoms with Gasteiger partial charge in [0.15, 0.2) is 0 Å². The third-order valence-corrected chi connectivity index (χ3v) is 1.35. The van der Waals surface area contributed by atoms with Crippen molar-refractivity contribution in [3.8, 4) is 5.75 Å². The number of carbonyl (C=O) groups excluding carboxylic acids is 1. The predicted octanol–water partition coefficient (Wildman–Crippen LogP) is 1.38. The molecule has 0 aromatic carbocycles. The first-order valence-electron chi connectivity index (χ1n) is 2.55. The number of ether oxygens (including phenoxy) is 1. The SMILES string of the molecule is O=COc1ccc(Br)nc1. The zero-order valence-electron chi connectivity index (χ0n) is 4.95. The van der Waals surface area contributed by atoms with E-state index in [4.69, 9.17) is 0 Å². The third-order valence-electron chi connectivity index (χ3n) is 0.884. The largest absolute Gasteiger partial charge is 0.427 e. The monoisotopic (exact) mass is 201 g/mol. The van der Waals surface area contributed by atoms with Crippen molar-refractivity contribution in [3.05, 3.63) is 22.9 Å². The lowest BCUT2D eigenvalue weighted by atomic mass is 10.5. The van der Waals surface area contributed by atoms with Gasteiger partial charge < -0.3 is 4.74 Å². The van der Waals surface area contributed by atoms with Gasteiger partial charge >= 0.3 is 0 Å². The maximum atomic E-state index is 9.80. The predicted molar refractivity (Wildman–Crippen MR) is 38.6 cm³/mol. The lowest BCUT2D eigenvalue weighted by Crippen LogP contribution is -1.88. The fraction of sp³-hybridized carbons (Fsp3) is 0. The van der Waals surface area contributed by atoms with Crippen molar-refractivity contribution in [1.82, 2.24) is 4.98 Å². The van der Waals surface area contributed by atoms with Gasteiger partial charge in [0.2, 0.25) is 0 Å². The molecule has 4 heteroatoms. The molecule has 1 aromatic heterocycles. The number of hydrogen-bond donors (Lipinski definition) is 0. The smallest absolute Gasteiger partial charge is 0.298 e. The molecule has 52 valence electrons. The molecule has 1 heterocycles. The van der Waals surface area contributed by atoms with Crippen LogP contribution in [-0.4, -0.2) is 11.5 Å². The Balaban J connectivity index is 2.78. The maximum Gasteiger partial charge on any atom is 0.298 e. The Hall–Kier alpha value is -0.900. The van der Waals surface area contributed by atoms with E-state index in [0.717, 1.165) is 0 Å². The fourth-order valence-electron chi connectivity index (χ4n) is 0.488. The molecule has 0 aliphatic heterocycles. The summed E-state index contributed by atoms with van der Waals surface area (Å²) in [5.41, 5.74) is 0. The van der Waals surface area contributed by atoms with E-state index in [1.807, 2.05) is 0 Å². The minimum Gasteiger partial charge on any atom is -0.427 e. The van der Waals surface area contributed by atoms with Crippen molar-refractivity contribution in [2.24, 2.45) is 0 Å². The Morgan fingerprint density at radius 3 is 2.90 bits per heavy atom. The summed E-state index contributed by atoms with van der Waals surface area (Å²) in [4.78, 5) is 13.6. The zero-order chi connectivity index (χ0) is 7.40. The molecule has 0 amide bonds. The van der Waals surface area contributed by atoms with Gasteiger partial charge in [0.25, 0.3) is 6.47 Å². The summed E-state index contributed by atoms with van der Waals surface area (Å²) < 4.78 is 5.21. The number of pyridine rings is 1. The van der Waals surface area contributed by atoms with E-state index in [1.165, 1.54) is 6.20 Å². The molecule has 0 saturated carbocycles. The summed E-state index contributed by atoms with van der Waals surface area (Å²) in [5, 5.41) is 0. The van der Waals surface area contributed by atoms with Crippen molar-refractivity contribution in [2.75, 3.05) is 0 Å². The molecule has 0 saturated heterocycles. The molecule has 1 aromatic rings. The first-order chi connectivity index (χ1) is 4.83. The second-order valence-electron chi connectivity index (χ2n) is 1.53. The minimum atomic E-state index is 0.366. The molecule has 0 fully saturated rings. The lowest BCUT2D eigenvalue weighted by Gasteiger charge is -1.94. The maximum absolute atomic E-state index is 9.80. The van der Waals surface area contributed by atoms with Crippen molar-refractivity contribution >= 4 is 22.4 Å². The van der Waals surface area contributed by atoms with Gasteiger partial charge in [0.1, 0.15) is 10.4 Å². The Kier molecular flexibility index (Phi) is 2.39. The van der Waals surface area contributed by atoms with E-state index in [0.29, 0.717) is 16.8 Å². The number of rotatable bonds is 2. The summed E-state index contributed by atoms with van der Waals surface area (Å²) in [6.45, 7) is 0.366. The van der Waals surface area contributed by atoms with Gasteiger partial charge in [-0.05, 0) is 28.1 Å². The van der Waals surface area contributed by atoms with Crippen molar-refractivity contribution in [2.45, 2.75) is 0 Å². The highest BCUT2D eigenvalue weighted by Gasteiger charge is 1.90. The Bertz CT molecular complexity index is 222. The number of hydrogen-bond acceptors (Lipinski definition) is 3. The average molecular weight is 202 g/mol. The number of aromatic nitrogens is 1.